The fourth-order valence-corrected chi connectivity index (χ4v) is 2.60. The van der Waals surface area contributed by atoms with Gasteiger partial charge in [0.2, 0.25) is 0 Å². The van der Waals surface area contributed by atoms with Crippen LogP contribution in [0.25, 0.3) is 0 Å². The Labute approximate surface area is 120 Å². The SMILES string of the molecule is CC(C)(C)C1=CC(=O)c2c(cccc2C(C)(C)C)C1=O. The molecule has 0 unspecified atom stereocenters. The van der Waals surface area contributed by atoms with Gasteiger partial charge >= 0.3 is 0 Å². The van der Waals surface area contributed by atoms with E-state index < -0.39 is 0 Å². The van der Waals surface area contributed by atoms with E-state index in [1.807, 2.05) is 32.9 Å². The van der Waals surface area contributed by atoms with Crippen molar-refractivity contribution < 1.29 is 9.59 Å². The monoisotopic (exact) mass is 270 g/mol. The summed E-state index contributed by atoms with van der Waals surface area (Å²) in [6, 6.07) is 5.58. The summed E-state index contributed by atoms with van der Waals surface area (Å²) < 4.78 is 0. The van der Waals surface area contributed by atoms with Gasteiger partial charge in [0.25, 0.3) is 0 Å². The van der Waals surface area contributed by atoms with E-state index in [0.717, 1.165) is 5.56 Å². The summed E-state index contributed by atoms with van der Waals surface area (Å²) in [5.41, 5.74) is 2.20. The molecule has 0 fully saturated rings. The van der Waals surface area contributed by atoms with Gasteiger partial charge in [-0.05, 0) is 22.5 Å². The number of carbonyl (C=O) groups excluding carboxylic acids is 2. The quantitative estimate of drug-likeness (QED) is 0.703. The maximum Gasteiger partial charge on any atom is 0.190 e. The van der Waals surface area contributed by atoms with Crippen molar-refractivity contribution in [3.05, 3.63) is 46.5 Å². The van der Waals surface area contributed by atoms with Gasteiger partial charge in [-0.15, -0.1) is 0 Å². The van der Waals surface area contributed by atoms with Crippen molar-refractivity contribution in [1.82, 2.24) is 0 Å². The average Bonchev–Trinajstić information content (AvgIpc) is 2.30. The highest BCUT2D eigenvalue weighted by molar-refractivity contribution is 6.25. The molecule has 0 atom stereocenters. The third-order valence-electron chi connectivity index (χ3n) is 3.69. The number of ketones is 2. The molecule has 1 aromatic rings. The van der Waals surface area contributed by atoms with Gasteiger partial charge in [-0.3, -0.25) is 9.59 Å². The summed E-state index contributed by atoms with van der Waals surface area (Å²) in [5.74, 6) is -0.0618. The molecule has 1 aliphatic carbocycles. The molecule has 0 amide bonds. The summed E-state index contributed by atoms with van der Waals surface area (Å²) in [6.07, 6.45) is 1.53. The lowest BCUT2D eigenvalue weighted by molar-refractivity contribution is 0.0965. The Bertz CT molecular complexity index is 620. The van der Waals surface area contributed by atoms with E-state index in [1.54, 1.807) is 6.07 Å². The molecule has 0 spiro atoms. The first-order valence-corrected chi connectivity index (χ1v) is 6.98. The molecule has 0 bridgehead atoms. The zero-order valence-electron chi connectivity index (χ0n) is 13.1. The molecule has 1 aliphatic rings. The van der Waals surface area contributed by atoms with Gasteiger partial charge < -0.3 is 0 Å². The Balaban J connectivity index is 2.70. The summed E-state index contributed by atoms with van der Waals surface area (Å²) in [4.78, 5) is 25.2. The topological polar surface area (TPSA) is 34.1 Å². The predicted octanol–water partition coefficient (Wildman–Crippen LogP) is 4.34. The van der Waals surface area contributed by atoms with Crippen LogP contribution in [0.1, 0.15) is 67.8 Å². The second kappa shape index (κ2) is 4.41. The largest absolute Gasteiger partial charge is 0.289 e. The maximum absolute atomic E-state index is 12.7. The Morgan fingerprint density at radius 3 is 1.95 bits per heavy atom. The number of Topliss-reactive ketones (excluding diaryl/α,β-unsaturated/α-hetero) is 1. The van der Waals surface area contributed by atoms with Gasteiger partial charge in [-0.25, -0.2) is 0 Å². The molecule has 20 heavy (non-hydrogen) atoms. The molecule has 0 N–H and O–H groups in total. The van der Waals surface area contributed by atoms with Crippen molar-refractivity contribution in [1.29, 1.82) is 0 Å². The third-order valence-corrected chi connectivity index (χ3v) is 3.69. The van der Waals surface area contributed by atoms with E-state index in [4.69, 9.17) is 0 Å². The van der Waals surface area contributed by atoms with E-state index >= 15 is 0 Å². The summed E-state index contributed by atoms with van der Waals surface area (Å²) in [5, 5.41) is 0. The summed E-state index contributed by atoms with van der Waals surface area (Å²) >= 11 is 0. The van der Waals surface area contributed by atoms with Crippen molar-refractivity contribution >= 4 is 11.6 Å². The average molecular weight is 270 g/mol. The van der Waals surface area contributed by atoms with Gasteiger partial charge in [0, 0.05) is 16.7 Å². The van der Waals surface area contributed by atoms with E-state index in [9.17, 15) is 9.59 Å². The normalized spacial score (nSPS) is 16.0. The van der Waals surface area contributed by atoms with Crippen LogP contribution in [0.5, 0.6) is 0 Å². The Morgan fingerprint density at radius 2 is 1.45 bits per heavy atom. The molecular formula is C18H22O2. The highest BCUT2D eigenvalue weighted by Gasteiger charge is 2.35. The zero-order valence-corrected chi connectivity index (χ0v) is 13.1. The van der Waals surface area contributed by atoms with Crippen LogP contribution in [0.3, 0.4) is 0 Å². The van der Waals surface area contributed by atoms with E-state index in [0.29, 0.717) is 16.7 Å². The molecule has 0 aliphatic heterocycles. The second-order valence-corrected chi connectivity index (χ2v) is 7.48. The summed E-state index contributed by atoms with van der Waals surface area (Å²) in [7, 11) is 0. The van der Waals surface area contributed by atoms with Crippen LogP contribution in [-0.4, -0.2) is 11.6 Å². The highest BCUT2D eigenvalue weighted by Crippen LogP contribution is 2.36. The van der Waals surface area contributed by atoms with E-state index in [2.05, 4.69) is 20.8 Å². The maximum atomic E-state index is 12.7. The number of benzene rings is 1. The zero-order chi connectivity index (χ0) is 15.3. The number of fused-ring (bicyclic) bond motifs is 1. The molecule has 2 rings (SSSR count). The molecule has 0 heterocycles. The van der Waals surface area contributed by atoms with Crippen LogP contribution in [0.15, 0.2) is 29.8 Å². The van der Waals surface area contributed by atoms with Crippen molar-refractivity contribution in [3.63, 3.8) is 0 Å². The molecule has 2 heteroatoms. The number of carbonyl (C=O) groups is 2. The van der Waals surface area contributed by atoms with Gasteiger partial charge in [-0.2, -0.15) is 0 Å². The van der Waals surface area contributed by atoms with Crippen molar-refractivity contribution in [2.75, 3.05) is 0 Å². The van der Waals surface area contributed by atoms with Crippen LogP contribution in [0.4, 0.5) is 0 Å². The van der Waals surface area contributed by atoms with Gasteiger partial charge in [0.05, 0.1) is 0 Å². The first-order valence-electron chi connectivity index (χ1n) is 6.98. The number of hydrogen-bond donors (Lipinski definition) is 0. The van der Waals surface area contributed by atoms with Crippen molar-refractivity contribution in [2.24, 2.45) is 5.41 Å². The fourth-order valence-electron chi connectivity index (χ4n) is 2.60. The molecular weight excluding hydrogens is 248 g/mol. The predicted molar refractivity (Wildman–Crippen MR) is 81.3 cm³/mol. The molecule has 0 saturated carbocycles. The Kier molecular flexibility index (Phi) is 3.24. The standard InChI is InChI=1S/C18H22O2/c1-17(2,3)12-9-7-8-11-15(12)14(19)10-13(16(11)20)18(4,5)6/h7-10H,1-6H3. The number of allylic oxidation sites excluding steroid dienone is 2. The van der Waals surface area contributed by atoms with E-state index in [1.165, 1.54) is 6.08 Å². The van der Waals surface area contributed by atoms with Crippen LogP contribution in [-0.2, 0) is 5.41 Å². The minimum absolute atomic E-state index is 0.0156. The second-order valence-electron chi connectivity index (χ2n) is 7.48. The molecule has 1 aromatic carbocycles. The van der Waals surface area contributed by atoms with Crippen LogP contribution in [0, 0.1) is 5.41 Å². The number of rotatable bonds is 0. The molecule has 0 radical (unpaired) electrons. The lowest BCUT2D eigenvalue weighted by Gasteiger charge is -2.29. The lowest BCUT2D eigenvalue weighted by Crippen LogP contribution is -2.28. The molecule has 106 valence electrons. The molecule has 2 nitrogen and oxygen atoms in total. The smallest absolute Gasteiger partial charge is 0.190 e. The first-order chi connectivity index (χ1) is 9.03. The highest BCUT2D eigenvalue weighted by atomic mass is 16.1. The van der Waals surface area contributed by atoms with Gasteiger partial charge in [-0.1, -0.05) is 59.7 Å². The minimum Gasteiger partial charge on any atom is -0.289 e. The van der Waals surface area contributed by atoms with Gasteiger partial charge in [0.1, 0.15) is 0 Å². The fraction of sp³-hybridized carbons (Fsp3) is 0.444. The minimum atomic E-state index is -0.317. The van der Waals surface area contributed by atoms with Crippen molar-refractivity contribution in [2.45, 2.75) is 47.0 Å². The number of hydrogen-bond acceptors (Lipinski definition) is 2. The first kappa shape index (κ1) is 14.7. The third kappa shape index (κ3) is 2.35. The Morgan fingerprint density at radius 1 is 0.850 bits per heavy atom. The molecule has 0 aromatic heterocycles. The summed E-state index contributed by atoms with van der Waals surface area (Å²) in [6.45, 7) is 12.1. The van der Waals surface area contributed by atoms with E-state index in [-0.39, 0.29) is 22.4 Å². The van der Waals surface area contributed by atoms with Crippen molar-refractivity contribution in [3.8, 4) is 0 Å². The van der Waals surface area contributed by atoms with Crippen LogP contribution >= 0.6 is 0 Å². The van der Waals surface area contributed by atoms with Gasteiger partial charge in [0.15, 0.2) is 11.6 Å². The molecule has 0 saturated heterocycles. The van der Waals surface area contributed by atoms with Crippen LogP contribution in [0.2, 0.25) is 0 Å². The van der Waals surface area contributed by atoms with Crippen LogP contribution < -0.4 is 0 Å². The Hall–Kier alpha value is -1.70. The lowest BCUT2D eigenvalue weighted by atomic mass is 9.73.